The number of imidazole rings is 1. The Kier molecular flexibility index (Phi) is 4.37. The van der Waals surface area contributed by atoms with Crippen LogP contribution in [0.3, 0.4) is 0 Å². The number of aromatic nitrogens is 2. The number of aliphatic carboxylic acids is 1. The van der Waals surface area contributed by atoms with Crippen LogP contribution < -0.4 is 0 Å². The number of aryl methyl sites for hydroxylation is 1. The highest BCUT2D eigenvalue weighted by Crippen LogP contribution is 2.22. The normalized spacial score (nSPS) is 12.8. The molecule has 0 fully saturated rings. The second-order valence-electron chi connectivity index (χ2n) is 5.19. The van der Waals surface area contributed by atoms with Gasteiger partial charge in [-0.2, -0.15) is 0 Å². The van der Waals surface area contributed by atoms with Gasteiger partial charge >= 0.3 is 5.97 Å². The third-order valence-corrected chi connectivity index (χ3v) is 3.31. The third-order valence-electron chi connectivity index (χ3n) is 3.31. The minimum Gasteiger partial charge on any atom is -0.481 e. The Morgan fingerprint density at radius 3 is 2.90 bits per heavy atom. The maximum Gasteiger partial charge on any atom is 0.303 e. The molecular formula is C15H19FN2O2. The van der Waals surface area contributed by atoms with Crippen LogP contribution in [0.5, 0.6) is 0 Å². The number of halogens is 1. The molecule has 1 heterocycles. The molecule has 0 bridgehead atoms. The van der Waals surface area contributed by atoms with Crippen LogP contribution in [0.4, 0.5) is 4.39 Å². The van der Waals surface area contributed by atoms with Crippen LogP contribution in [-0.2, 0) is 17.8 Å². The van der Waals surface area contributed by atoms with Gasteiger partial charge in [0.2, 0.25) is 0 Å². The van der Waals surface area contributed by atoms with E-state index in [9.17, 15) is 9.18 Å². The smallest absolute Gasteiger partial charge is 0.303 e. The van der Waals surface area contributed by atoms with Crippen molar-refractivity contribution in [2.45, 2.75) is 39.7 Å². The summed E-state index contributed by atoms with van der Waals surface area (Å²) in [4.78, 5) is 15.1. The molecule has 0 spiro atoms. The van der Waals surface area contributed by atoms with Crippen molar-refractivity contribution in [2.24, 2.45) is 5.92 Å². The van der Waals surface area contributed by atoms with Gasteiger partial charge in [0.25, 0.3) is 0 Å². The molecule has 0 saturated heterocycles. The van der Waals surface area contributed by atoms with Gasteiger partial charge in [-0.05, 0) is 24.5 Å². The number of nitrogens with zero attached hydrogens (tertiary/aromatic N) is 2. The SMILES string of the molecule is CCCn1c(CC(C)CC(=O)O)nc2c(F)cccc21. The quantitative estimate of drug-likeness (QED) is 0.882. The van der Waals surface area contributed by atoms with Crippen molar-refractivity contribution < 1.29 is 14.3 Å². The first-order chi connectivity index (χ1) is 9.52. The van der Waals surface area contributed by atoms with E-state index < -0.39 is 5.97 Å². The lowest BCUT2D eigenvalue weighted by molar-refractivity contribution is -0.137. The zero-order valence-corrected chi connectivity index (χ0v) is 11.8. The summed E-state index contributed by atoms with van der Waals surface area (Å²) in [6, 6.07) is 4.93. The Bertz CT molecular complexity index is 622. The van der Waals surface area contributed by atoms with Crippen LogP contribution in [-0.4, -0.2) is 20.6 Å². The first-order valence-electron chi connectivity index (χ1n) is 6.88. The van der Waals surface area contributed by atoms with E-state index in [2.05, 4.69) is 11.9 Å². The van der Waals surface area contributed by atoms with E-state index in [-0.39, 0.29) is 18.2 Å². The molecule has 108 valence electrons. The van der Waals surface area contributed by atoms with Gasteiger partial charge in [-0.25, -0.2) is 9.37 Å². The zero-order chi connectivity index (χ0) is 14.7. The summed E-state index contributed by atoms with van der Waals surface area (Å²) in [5.74, 6) is -0.407. The molecule has 0 aliphatic heterocycles. The second kappa shape index (κ2) is 6.03. The lowest BCUT2D eigenvalue weighted by Gasteiger charge is -2.11. The fraction of sp³-hybridized carbons (Fsp3) is 0.467. The van der Waals surface area contributed by atoms with Crippen LogP contribution in [0, 0.1) is 11.7 Å². The predicted molar refractivity (Wildman–Crippen MR) is 75.1 cm³/mol. The highest BCUT2D eigenvalue weighted by atomic mass is 19.1. The van der Waals surface area contributed by atoms with Gasteiger partial charge in [-0.3, -0.25) is 4.79 Å². The summed E-state index contributed by atoms with van der Waals surface area (Å²) in [5.41, 5.74) is 1.16. The van der Waals surface area contributed by atoms with E-state index in [1.807, 2.05) is 17.6 Å². The van der Waals surface area contributed by atoms with E-state index in [4.69, 9.17) is 5.11 Å². The summed E-state index contributed by atoms with van der Waals surface area (Å²) in [6.45, 7) is 4.69. The average Bonchev–Trinajstić information content (AvgIpc) is 2.69. The average molecular weight is 278 g/mol. The summed E-state index contributed by atoms with van der Waals surface area (Å²) in [6.07, 6.45) is 1.56. The lowest BCUT2D eigenvalue weighted by atomic mass is 10.0. The number of benzene rings is 1. The van der Waals surface area contributed by atoms with Gasteiger partial charge in [0.15, 0.2) is 5.82 Å². The number of carbonyl (C=O) groups is 1. The Balaban J connectivity index is 2.38. The van der Waals surface area contributed by atoms with E-state index in [1.165, 1.54) is 6.07 Å². The number of carboxylic acid groups (broad SMARTS) is 1. The molecule has 1 aromatic heterocycles. The van der Waals surface area contributed by atoms with Crippen LogP contribution >= 0.6 is 0 Å². The number of carboxylic acids is 1. The monoisotopic (exact) mass is 278 g/mol. The number of para-hydroxylation sites is 1. The van der Waals surface area contributed by atoms with Crippen molar-refractivity contribution >= 4 is 17.0 Å². The number of hydrogen-bond donors (Lipinski definition) is 1. The molecule has 20 heavy (non-hydrogen) atoms. The standard InChI is InChI=1S/C15H19FN2O2/c1-3-7-18-12-6-4-5-11(16)15(12)17-13(18)8-10(2)9-14(19)20/h4-6,10H,3,7-9H2,1-2H3,(H,19,20). The highest BCUT2D eigenvalue weighted by molar-refractivity contribution is 5.76. The minimum atomic E-state index is -0.818. The summed E-state index contributed by atoms with van der Waals surface area (Å²) >= 11 is 0. The Morgan fingerprint density at radius 2 is 2.25 bits per heavy atom. The molecule has 1 atom stereocenters. The number of hydrogen-bond acceptors (Lipinski definition) is 2. The molecule has 1 aromatic carbocycles. The summed E-state index contributed by atoms with van der Waals surface area (Å²) in [5, 5.41) is 8.83. The molecule has 5 heteroatoms. The first-order valence-corrected chi connectivity index (χ1v) is 6.88. The molecule has 1 N–H and O–H groups in total. The molecule has 1 unspecified atom stereocenters. The minimum absolute atomic E-state index is 0.0250. The molecule has 2 rings (SSSR count). The Morgan fingerprint density at radius 1 is 1.50 bits per heavy atom. The highest BCUT2D eigenvalue weighted by Gasteiger charge is 2.16. The molecule has 0 aliphatic rings. The van der Waals surface area contributed by atoms with Crippen LogP contribution in [0.1, 0.15) is 32.5 Å². The number of rotatable bonds is 6. The number of fused-ring (bicyclic) bond motifs is 1. The van der Waals surface area contributed by atoms with E-state index >= 15 is 0 Å². The van der Waals surface area contributed by atoms with Gasteiger partial charge in [0.05, 0.1) is 5.52 Å². The Labute approximate surface area is 117 Å². The molecule has 0 amide bonds. The summed E-state index contributed by atoms with van der Waals surface area (Å²) < 4.78 is 15.8. The third kappa shape index (κ3) is 2.98. The molecule has 2 aromatic rings. The topological polar surface area (TPSA) is 55.1 Å². The van der Waals surface area contributed by atoms with Crippen molar-refractivity contribution in [3.8, 4) is 0 Å². The summed E-state index contributed by atoms with van der Waals surface area (Å²) in [7, 11) is 0. The molecule has 0 saturated carbocycles. The van der Waals surface area contributed by atoms with Gasteiger partial charge in [0.1, 0.15) is 11.3 Å². The second-order valence-corrected chi connectivity index (χ2v) is 5.19. The fourth-order valence-electron chi connectivity index (χ4n) is 2.47. The fourth-order valence-corrected chi connectivity index (χ4v) is 2.47. The molecular weight excluding hydrogens is 259 g/mol. The van der Waals surface area contributed by atoms with Crippen molar-refractivity contribution in [3.05, 3.63) is 29.8 Å². The molecule has 0 radical (unpaired) electrons. The maximum absolute atomic E-state index is 13.8. The van der Waals surface area contributed by atoms with Gasteiger partial charge < -0.3 is 9.67 Å². The predicted octanol–water partition coefficient (Wildman–Crippen LogP) is 3.24. The van der Waals surface area contributed by atoms with Crippen LogP contribution in [0.2, 0.25) is 0 Å². The molecule has 0 aliphatic carbocycles. The van der Waals surface area contributed by atoms with Crippen molar-refractivity contribution in [2.75, 3.05) is 0 Å². The van der Waals surface area contributed by atoms with Gasteiger partial charge in [0, 0.05) is 19.4 Å². The Hall–Kier alpha value is -1.91. The van der Waals surface area contributed by atoms with Crippen molar-refractivity contribution in [3.63, 3.8) is 0 Å². The van der Waals surface area contributed by atoms with E-state index in [1.54, 1.807) is 6.07 Å². The van der Waals surface area contributed by atoms with Gasteiger partial charge in [-0.1, -0.05) is 19.9 Å². The van der Waals surface area contributed by atoms with Crippen LogP contribution in [0.25, 0.3) is 11.0 Å². The lowest BCUT2D eigenvalue weighted by Crippen LogP contribution is -2.11. The van der Waals surface area contributed by atoms with Crippen LogP contribution in [0.15, 0.2) is 18.2 Å². The van der Waals surface area contributed by atoms with E-state index in [0.29, 0.717) is 11.9 Å². The largest absolute Gasteiger partial charge is 0.481 e. The van der Waals surface area contributed by atoms with Crippen molar-refractivity contribution in [1.82, 2.24) is 9.55 Å². The zero-order valence-electron chi connectivity index (χ0n) is 11.8. The molecule has 4 nitrogen and oxygen atoms in total. The first kappa shape index (κ1) is 14.5. The van der Waals surface area contributed by atoms with E-state index in [0.717, 1.165) is 24.3 Å². The van der Waals surface area contributed by atoms with Crippen molar-refractivity contribution in [1.29, 1.82) is 0 Å². The van der Waals surface area contributed by atoms with Gasteiger partial charge in [-0.15, -0.1) is 0 Å². The maximum atomic E-state index is 13.8.